The fraction of sp³-hybridized carbons (Fsp3) is 1.00. The van der Waals surface area contributed by atoms with E-state index in [-0.39, 0.29) is 19.6 Å². The molecule has 11 heavy (non-hydrogen) atoms. The summed E-state index contributed by atoms with van der Waals surface area (Å²) in [5.74, 6) is 0. The summed E-state index contributed by atoms with van der Waals surface area (Å²) in [6.45, 7) is -0.299. The molecule has 5 N–H and O–H groups in total. The van der Waals surface area contributed by atoms with Gasteiger partial charge in [-0.15, -0.1) is 0 Å². The number of rotatable bonds is 1. The van der Waals surface area contributed by atoms with Gasteiger partial charge in [-0.05, 0) is 0 Å². The molecule has 5 nitrogen and oxygen atoms in total. The molecule has 0 amide bonds. The zero-order valence-corrected chi connectivity index (χ0v) is 6.10. The standard InChI is InChI=1S/C6H13NO4/c7-6(10)1-4(9)5(2-8)11-3-6/h4-5,8-10H,1-3,7H2/t4-,5+,6+/m0/s1. The smallest absolute Gasteiger partial charge is 0.139 e. The molecule has 0 unspecified atom stereocenters. The van der Waals surface area contributed by atoms with E-state index in [9.17, 15) is 5.11 Å². The number of aliphatic hydroxyl groups is 3. The number of aliphatic hydroxyl groups excluding tert-OH is 2. The molecule has 3 atom stereocenters. The van der Waals surface area contributed by atoms with Crippen LogP contribution in [0.25, 0.3) is 0 Å². The molecular formula is C6H13NO4. The predicted molar refractivity (Wildman–Crippen MR) is 36.6 cm³/mol. The minimum absolute atomic E-state index is 0.0399. The van der Waals surface area contributed by atoms with Crippen LogP contribution in [0.4, 0.5) is 0 Å². The summed E-state index contributed by atoms with van der Waals surface area (Å²) in [7, 11) is 0. The van der Waals surface area contributed by atoms with Crippen LogP contribution in [-0.2, 0) is 4.74 Å². The highest BCUT2D eigenvalue weighted by Crippen LogP contribution is 2.18. The molecule has 1 aliphatic rings. The maximum Gasteiger partial charge on any atom is 0.139 e. The number of ether oxygens (including phenoxy) is 1. The molecule has 1 heterocycles. The summed E-state index contributed by atoms with van der Waals surface area (Å²) in [6.07, 6.45) is -1.46. The van der Waals surface area contributed by atoms with Gasteiger partial charge in [-0.3, -0.25) is 0 Å². The van der Waals surface area contributed by atoms with E-state index >= 15 is 0 Å². The van der Waals surface area contributed by atoms with Gasteiger partial charge in [-0.1, -0.05) is 0 Å². The zero-order chi connectivity index (χ0) is 8.48. The van der Waals surface area contributed by atoms with Crippen LogP contribution in [0.2, 0.25) is 0 Å². The van der Waals surface area contributed by atoms with Crippen molar-refractivity contribution >= 4 is 0 Å². The zero-order valence-electron chi connectivity index (χ0n) is 6.10. The third-order valence-corrected chi connectivity index (χ3v) is 1.72. The lowest BCUT2D eigenvalue weighted by Crippen LogP contribution is -2.55. The minimum atomic E-state index is -1.45. The normalized spacial score (nSPS) is 45.8. The molecule has 5 heteroatoms. The Bertz CT molecular complexity index is 139. The lowest BCUT2D eigenvalue weighted by molar-refractivity contribution is -0.177. The summed E-state index contributed by atoms with van der Waals surface area (Å²) >= 11 is 0. The third-order valence-electron chi connectivity index (χ3n) is 1.72. The molecule has 1 saturated heterocycles. The van der Waals surface area contributed by atoms with E-state index in [0.29, 0.717) is 0 Å². The molecule has 66 valence electrons. The number of nitrogens with two attached hydrogens (primary N) is 1. The second-order valence-corrected chi connectivity index (χ2v) is 2.91. The first-order valence-electron chi connectivity index (χ1n) is 3.47. The maximum atomic E-state index is 9.18. The van der Waals surface area contributed by atoms with Crippen molar-refractivity contribution in [2.24, 2.45) is 5.73 Å². The van der Waals surface area contributed by atoms with Crippen molar-refractivity contribution in [1.29, 1.82) is 0 Å². The lowest BCUT2D eigenvalue weighted by atomic mass is 10.00. The van der Waals surface area contributed by atoms with E-state index in [1.54, 1.807) is 0 Å². The van der Waals surface area contributed by atoms with Crippen LogP contribution in [0.15, 0.2) is 0 Å². The van der Waals surface area contributed by atoms with Crippen LogP contribution in [0.3, 0.4) is 0 Å². The molecular weight excluding hydrogens is 150 g/mol. The van der Waals surface area contributed by atoms with Crippen LogP contribution in [-0.4, -0.2) is 46.5 Å². The van der Waals surface area contributed by atoms with Gasteiger partial charge >= 0.3 is 0 Å². The molecule has 1 aliphatic heterocycles. The Labute approximate surface area is 64.4 Å². The van der Waals surface area contributed by atoms with Crippen molar-refractivity contribution < 1.29 is 20.1 Å². The summed E-state index contributed by atoms with van der Waals surface area (Å²) in [5.41, 5.74) is 3.82. The molecule has 1 fully saturated rings. The maximum absolute atomic E-state index is 9.18. The highest BCUT2D eigenvalue weighted by atomic mass is 16.5. The third kappa shape index (κ3) is 2.11. The number of hydrogen-bond acceptors (Lipinski definition) is 5. The van der Waals surface area contributed by atoms with Gasteiger partial charge in [0.1, 0.15) is 11.8 Å². The van der Waals surface area contributed by atoms with Crippen molar-refractivity contribution in [1.82, 2.24) is 0 Å². The van der Waals surface area contributed by atoms with Crippen LogP contribution in [0.1, 0.15) is 6.42 Å². The average molecular weight is 163 g/mol. The van der Waals surface area contributed by atoms with Crippen molar-refractivity contribution in [2.75, 3.05) is 13.2 Å². The van der Waals surface area contributed by atoms with Crippen molar-refractivity contribution in [2.45, 2.75) is 24.4 Å². The molecule has 0 aliphatic carbocycles. The molecule has 0 spiro atoms. The molecule has 0 saturated carbocycles. The predicted octanol–water partition coefficient (Wildman–Crippen LogP) is -2.22. The first-order valence-corrected chi connectivity index (χ1v) is 3.47. The highest BCUT2D eigenvalue weighted by molar-refractivity contribution is 4.84. The van der Waals surface area contributed by atoms with Crippen molar-refractivity contribution in [3.8, 4) is 0 Å². The summed E-state index contributed by atoms with van der Waals surface area (Å²) in [5, 5.41) is 27.0. The monoisotopic (exact) mass is 163 g/mol. The summed E-state index contributed by atoms with van der Waals surface area (Å²) < 4.78 is 4.88. The second-order valence-electron chi connectivity index (χ2n) is 2.91. The highest BCUT2D eigenvalue weighted by Gasteiger charge is 2.36. The second kappa shape index (κ2) is 3.04. The Morgan fingerprint density at radius 2 is 2.27 bits per heavy atom. The Morgan fingerprint density at radius 3 is 2.73 bits per heavy atom. The van der Waals surface area contributed by atoms with E-state index in [1.807, 2.05) is 0 Å². The van der Waals surface area contributed by atoms with Crippen LogP contribution >= 0.6 is 0 Å². The van der Waals surface area contributed by atoms with E-state index in [4.69, 9.17) is 20.7 Å². The quantitative estimate of drug-likeness (QED) is 0.328. The van der Waals surface area contributed by atoms with Crippen LogP contribution in [0, 0.1) is 0 Å². The van der Waals surface area contributed by atoms with Crippen LogP contribution in [0.5, 0.6) is 0 Å². The fourth-order valence-corrected chi connectivity index (χ4v) is 1.09. The molecule has 0 aromatic carbocycles. The largest absolute Gasteiger partial charge is 0.394 e. The Balaban J connectivity index is 2.48. The first kappa shape index (κ1) is 8.89. The molecule has 0 aromatic rings. The van der Waals surface area contributed by atoms with Gasteiger partial charge in [-0.25, -0.2) is 0 Å². The van der Waals surface area contributed by atoms with Crippen molar-refractivity contribution in [3.63, 3.8) is 0 Å². The SMILES string of the molecule is N[C@]1(O)CO[C@H](CO)[C@@H](O)C1. The Kier molecular flexibility index (Phi) is 2.46. The van der Waals surface area contributed by atoms with Gasteiger partial charge < -0.3 is 25.8 Å². The molecule has 1 rings (SSSR count). The van der Waals surface area contributed by atoms with E-state index < -0.39 is 17.9 Å². The van der Waals surface area contributed by atoms with Gasteiger partial charge in [0.15, 0.2) is 0 Å². The molecule has 0 bridgehead atoms. The van der Waals surface area contributed by atoms with Gasteiger partial charge in [0.05, 0.1) is 19.3 Å². The first-order chi connectivity index (χ1) is 5.05. The molecule has 0 radical (unpaired) electrons. The Morgan fingerprint density at radius 1 is 1.64 bits per heavy atom. The van der Waals surface area contributed by atoms with Gasteiger partial charge in [0, 0.05) is 6.42 Å². The minimum Gasteiger partial charge on any atom is -0.394 e. The fourth-order valence-electron chi connectivity index (χ4n) is 1.09. The van der Waals surface area contributed by atoms with Gasteiger partial charge in [-0.2, -0.15) is 0 Å². The number of hydrogen-bond donors (Lipinski definition) is 4. The van der Waals surface area contributed by atoms with Crippen molar-refractivity contribution in [3.05, 3.63) is 0 Å². The summed E-state index contributed by atoms with van der Waals surface area (Å²) in [6, 6.07) is 0. The van der Waals surface area contributed by atoms with E-state index in [1.165, 1.54) is 0 Å². The summed E-state index contributed by atoms with van der Waals surface area (Å²) in [4.78, 5) is 0. The van der Waals surface area contributed by atoms with Crippen LogP contribution < -0.4 is 5.73 Å². The Hall–Kier alpha value is -0.200. The lowest BCUT2D eigenvalue weighted by Gasteiger charge is -2.35. The van der Waals surface area contributed by atoms with Gasteiger partial charge in [0.2, 0.25) is 0 Å². The molecule has 0 aromatic heterocycles. The van der Waals surface area contributed by atoms with E-state index in [0.717, 1.165) is 0 Å². The topological polar surface area (TPSA) is 95.9 Å². The van der Waals surface area contributed by atoms with E-state index in [2.05, 4.69) is 0 Å². The van der Waals surface area contributed by atoms with Gasteiger partial charge in [0.25, 0.3) is 0 Å². The average Bonchev–Trinajstić information content (AvgIpc) is 1.86.